The van der Waals surface area contributed by atoms with Crippen LogP contribution in [-0.2, 0) is 5.41 Å². The van der Waals surface area contributed by atoms with Crippen molar-refractivity contribution in [2.24, 2.45) is 0 Å². The lowest BCUT2D eigenvalue weighted by Gasteiger charge is -2.26. The smallest absolute Gasteiger partial charge is 0.119 e. The number of hydrogen-bond donors (Lipinski definition) is 2. The van der Waals surface area contributed by atoms with Gasteiger partial charge in [-0.15, -0.1) is 0 Å². The van der Waals surface area contributed by atoms with E-state index in [9.17, 15) is 10.2 Å². The Morgan fingerprint density at radius 2 is 1.88 bits per heavy atom. The van der Waals surface area contributed by atoms with Crippen LogP contribution >= 0.6 is 0 Å². The van der Waals surface area contributed by atoms with Gasteiger partial charge in [0, 0.05) is 29.8 Å². The summed E-state index contributed by atoms with van der Waals surface area (Å²) in [5.74, 6) is 0.270. The van der Waals surface area contributed by atoms with Crippen LogP contribution in [0, 0.1) is 0 Å². The summed E-state index contributed by atoms with van der Waals surface area (Å²) in [6, 6.07) is 5.70. The number of aliphatic hydroxyl groups is 1. The highest BCUT2D eigenvalue weighted by atomic mass is 16.3. The molecular formula is C14H21NO2. The van der Waals surface area contributed by atoms with Gasteiger partial charge < -0.3 is 15.1 Å². The van der Waals surface area contributed by atoms with Crippen LogP contribution in [0.15, 0.2) is 18.2 Å². The molecule has 1 aliphatic heterocycles. The molecular weight excluding hydrogens is 214 g/mol. The molecule has 0 aromatic heterocycles. The molecule has 1 heterocycles. The van der Waals surface area contributed by atoms with Crippen LogP contribution in [0.5, 0.6) is 5.75 Å². The molecule has 3 heteroatoms. The maximum atomic E-state index is 9.91. The Morgan fingerprint density at radius 3 is 2.47 bits per heavy atom. The van der Waals surface area contributed by atoms with Gasteiger partial charge in [0.15, 0.2) is 0 Å². The molecule has 94 valence electrons. The highest BCUT2D eigenvalue weighted by molar-refractivity contribution is 5.55. The van der Waals surface area contributed by atoms with Crippen LogP contribution in [0.3, 0.4) is 0 Å². The van der Waals surface area contributed by atoms with Crippen molar-refractivity contribution in [1.29, 1.82) is 0 Å². The molecule has 17 heavy (non-hydrogen) atoms. The number of rotatable bonds is 3. The van der Waals surface area contributed by atoms with Crippen molar-refractivity contribution in [2.45, 2.75) is 32.1 Å². The number of aromatic hydroxyl groups is 1. The number of phenols is 1. The minimum Gasteiger partial charge on any atom is -0.508 e. The molecule has 2 rings (SSSR count). The molecule has 3 nitrogen and oxygen atoms in total. The van der Waals surface area contributed by atoms with Crippen LogP contribution in [0.1, 0.15) is 32.3 Å². The minimum atomic E-state index is -0.403. The molecule has 0 saturated carbocycles. The molecule has 1 saturated heterocycles. The van der Waals surface area contributed by atoms with E-state index in [-0.39, 0.29) is 12.4 Å². The van der Waals surface area contributed by atoms with Crippen LogP contribution in [0.25, 0.3) is 0 Å². The summed E-state index contributed by atoms with van der Waals surface area (Å²) in [7, 11) is 0. The van der Waals surface area contributed by atoms with E-state index >= 15 is 0 Å². The summed E-state index contributed by atoms with van der Waals surface area (Å²) < 4.78 is 0. The SMILES string of the molecule is CC(C)(CO)c1cc(N2CCCC2)ccc1O. The lowest BCUT2D eigenvalue weighted by Crippen LogP contribution is -2.24. The summed E-state index contributed by atoms with van der Waals surface area (Å²) in [6.07, 6.45) is 2.47. The van der Waals surface area contributed by atoms with Gasteiger partial charge in [-0.05, 0) is 31.0 Å². The van der Waals surface area contributed by atoms with Crippen molar-refractivity contribution >= 4 is 5.69 Å². The zero-order chi connectivity index (χ0) is 12.5. The molecule has 1 aromatic rings. The summed E-state index contributed by atoms with van der Waals surface area (Å²) in [5.41, 5.74) is 1.57. The Hall–Kier alpha value is -1.22. The minimum absolute atomic E-state index is 0.0318. The Balaban J connectivity index is 2.35. The van der Waals surface area contributed by atoms with E-state index < -0.39 is 5.41 Å². The summed E-state index contributed by atoms with van der Waals surface area (Å²) in [6.45, 7) is 6.09. The topological polar surface area (TPSA) is 43.7 Å². The van der Waals surface area contributed by atoms with Gasteiger partial charge in [0.1, 0.15) is 5.75 Å². The van der Waals surface area contributed by atoms with Gasteiger partial charge >= 0.3 is 0 Å². The van der Waals surface area contributed by atoms with Crippen molar-refractivity contribution in [3.8, 4) is 5.75 Å². The predicted octanol–water partition coefficient (Wildman–Crippen LogP) is 2.26. The summed E-state index contributed by atoms with van der Waals surface area (Å²) >= 11 is 0. The monoisotopic (exact) mass is 235 g/mol. The molecule has 0 amide bonds. The second kappa shape index (κ2) is 4.57. The van der Waals surface area contributed by atoms with Gasteiger partial charge in [0.05, 0.1) is 6.61 Å². The summed E-state index contributed by atoms with van der Waals surface area (Å²) in [5, 5.41) is 19.3. The quantitative estimate of drug-likeness (QED) is 0.844. The number of anilines is 1. The van der Waals surface area contributed by atoms with Crippen LogP contribution in [0.4, 0.5) is 5.69 Å². The Kier molecular flexibility index (Phi) is 3.29. The van der Waals surface area contributed by atoms with E-state index in [4.69, 9.17) is 0 Å². The van der Waals surface area contributed by atoms with Gasteiger partial charge in [-0.2, -0.15) is 0 Å². The third-order valence-electron chi connectivity index (χ3n) is 3.58. The fourth-order valence-electron chi connectivity index (χ4n) is 2.32. The second-order valence-electron chi connectivity index (χ2n) is 5.44. The van der Waals surface area contributed by atoms with E-state index in [0.717, 1.165) is 24.3 Å². The van der Waals surface area contributed by atoms with E-state index in [1.807, 2.05) is 26.0 Å². The van der Waals surface area contributed by atoms with Crippen molar-refractivity contribution in [3.05, 3.63) is 23.8 Å². The van der Waals surface area contributed by atoms with Gasteiger partial charge in [-0.1, -0.05) is 13.8 Å². The maximum Gasteiger partial charge on any atom is 0.119 e. The first-order valence-electron chi connectivity index (χ1n) is 6.24. The van der Waals surface area contributed by atoms with Crippen molar-refractivity contribution in [3.63, 3.8) is 0 Å². The van der Waals surface area contributed by atoms with E-state index in [1.165, 1.54) is 12.8 Å². The van der Waals surface area contributed by atoms with Gasteiger partial charge in [0.25, 0.3) is 0 Å². The largest absolute Gasteiger partial charge is 0.508 e. The molecule has 1 fully saturated rings. The molecule has 0 aliphatic carbocycles. The van der Waals surface area contributed by atoms with E-state index in [0.29, 0.717) is 0 Å². The van der Waals surface area contributed by atoms with E-state index in [1.54, 1.807) is 6.07 Å². The first-order chi connectivity index (χ1) is 8.04. The Labute approximate surface area is 103 Å². The lowest BCUT2D eigenvalue weighted by molar-refractivity contribution is 0.215. The van der Waals surface area contributed by atoms with Gasteiger partial charge in [-0.3, -0.25) is 0 Å². The fraction of sp³-hybridized carbons (Fsp3) is 0.571. The average molecular weight is 235 g/mol. The third-order valence-corrected chi connectivity index (χ3v) is 3.58. The van der Waals surface area contributed by atoms with Crippen molar-refractivity contribution in [2.75, 3.05) is 24.6 Å². The third kappa shape index (κ3) is 2.39. The molecule has 0 unspecified atom stereocenters. The Bertz CT molecular complexity index is 395. The van der Waals surface area contributed by atoms with Gasteiger partial charge in [0.2, 0.25) is 0 Å². The number of benzene rings is 1. The standard InChI is InChI=1S/C14H21NO2/c1-14(2,10-16)12-9-11(5-6-13(12)17)15-7-3-4-8-15/h5-6,9,16-17H,3-4,7-8,10H2,1-2H3. The predicted molar refractivity (Wildman–Crippen MR) is 69.7 cm³/mol. The first kappa shape index (κ1) is 12.2. The maximum absolute atomic E-state index is 9.91. The zero-order valence-corrected chi connectivity index (χ0v) is 10.6. The first-order valence-corrected chi connectivity index (χ1v) is 6.24. The number of hydrogen-bond acceptors (Lipinski definition) is 3. The molecule has 1 aliphatic rings. The lowest BCUT2D eigenvalue weighted by atomic mass is 9.84. The second-order valence-corrected chi connectivity index (χ2v) is 5.44. The average Bonchev–Trinajstić information content (AvgIpc) is 2.83. The van der Waals surface area contributed by atoms with Crippen LogP contribution in [0.2, 0.25) is 0 Å². The molecule has 1 aromatic carbocycles. The van der Waals surface area contributed by atoms with Crippen LogP contribution in [-0.4, -0.2) is 29.9 Å². The highest BCUT2D eigenvalue weighted by Crippen LogP contribution is 2.34. The highest BCUT2D eigenvalue weighted by Gasteiger charge is 2.24. The van der Waals surface area contributed by atoms with E-state index in [2.05, 4.69) is 4.90 Å². The molecule has 2 N–H and O–H groups in total. The number of phenolic OH excluding ortho intramolecular Hbond substituents is 1. The van der Waals surface area contributed by atoms with Gasteiger partial charge in [-0.25, -0.2) is 0 Å². The fourth-order valence-corrected chi connectivity index (χ4v) is 2.32. The van der Waals surface area contributed by atoms with Crippen molar-refractivity contribution < 1.29 is 10.2 Å². The molecule has 0 atom stereocenters. The Morgan fingerprint density at radius 1 is 1.24 bits per heavy atom. The number of nitrogens with zero attached hydrogens (tertiary/aromatic N) is 1. The van der Waals surface area contributed by atoms with Crippen LogP contribution < -0.4 is 4.90 Å². The summed E-state index contributed by atoms with van der Waals surface area (Å²) in [4.78, 5) is 2.33. The number of aliphatic hydroxyl groups excluding tert-OH is 1. The normalized spacial score (nSPS) is 16.5. The van der Waals surface area contributed by atoms with Crippen molar-refractivity contribution in [1.82, 2.24) is 0 Å². The molecule has 0 bridgehead atoms. The molecule has 0 spiro atoms. The zero-order valence-electron chi connectivity index (χ0n) is 10.6. The molecule has 0 radical (unpaired) electrons.